The highest BCUT2D eigenvalue weighted by atomic mass is 35.5. The van der Waals surface area contributed by atoms with Crippen molar-refractivity contribution >= 4 is 33.2 Å². The Morgan fingerprint density at radius 1 is 1.29 bits per heavy atom. The maximum atomic E-state index is 12.7. The first-order valence-electron chi connectivity index (χ1n) is 8.93. The van der Waals surface area contributed by atoms with Gasteiger partial charge in [0.15, 0.2) is 0 Å². The number of sulfonamides is 1. The topological polar surface area (TPSA) is 66.9 Å². The summed E-state index contributed by atoms with van der Waals surface area (Å²) in [4.78, 5) is 14.3. The number of hydrogen-bond donors (Lipinski definition) is 0. The van der Waals surface area contributed by atoms with Gasteiger partial charge in [0.2, 0.25) is 10.0 Å². The normalized spacial score (nSPS) is 16.0. The van der Waals surface area contributed by atoms with E-state index in [4.69, 9.17) is 16.3 Å². The van der Waals surface area contributed by atoms with Gasteiger partial charge in [-0.25, -0.2) is 8.42 Å². The number of amides is 1. The van der Waals surface area contributed by atoms with Crippen molar-refractivity contribution in [3.63, 3.8) is 0 Å². The van der Waals surface area contributed by atoms with E-state index in [1.54, 1.807) is 48.3 Å². The van der Waals surface area contributed by atoms with Crippen molar-refractivity contribution in [3.8, 4) is 5.75 Å². The first kappa shape index (κ1) is 20.5. The molecule has 2 aromatic rings. The molecular weight excluding hydrogens is 400 g/mol. The molecule has 1 aliphatic rings. The molecule has 6 nitrogen and oxygen atoms in total. The summed E-state index contributed by atoms with van der Waals surface area (Å²) < 4.78 is 31.1. The summed E-state index contributed by atoms with van der Waals surface area (Å²) in [5.41, 5.74) is 2.05. The van der Waals surface area contributed by atoms with Crippen LogP contribution >= 0.6 is 11.6 Å². The van der Waals surface area contributed by atoms with E-state index in [1.165, 1.54) is 10.6 Å². The van der Waals surface area contributed by atoms with Crippen molar-refractivity contribution in [1.29, 1.82) is 0 Å². The van der Waals surface area contributed by atoms with Crippen LogP contribution in [-0.4, -0.2) is 51.7 Å². The van der Waals surface area contributed by atoms with E-state index < -0.39 is 10.0 Å². The molecule has 1 unspecified atom stereocenters. The fraction of sp³-hybridized carbons (Fsp3) is 0.350. The van der Waals surface area contributed by atoms with Gasteiger partial charge in [0.25, 0.3) is 5.91 Å². The number of carbonyl (C=O) groups is 1. The molecule has 2 aromatic carbocycles. The van der Waals surface area contributed by atoms with E-state index in [0.717, 1.165) is 5.56 Å². The molecule has 150 valence electrons. The quantitative estimate of drug-likeness (QED) is 0.717. The average molecular weight is 423 g/mol. The Labute approximate surface area is 170 Å². The number of likely N-dealkylation sites (N-methyl/N-ethyl adjacent to an activating group) is 1. The molecule has 1 heterocycles. The van der Waals surface area contributed by atoms with Crippen LogP contribution in [0.2, 0.25) is 5.02 Å². The number of benzene rings is 2. The summed E-state index contributed by atoms with van der Waals surface area (Å²) in [6.07, 6.45) is 1.79. The molecule has 1 aliphatic heterocycles. The molecule has 0 saturated carbocycles. The molecule has 0 aromatic heterocycles. The molecule has 1 atom stereocenters. The number of anilines is 1. The van der Waals surface area contributed by atoms with Crippen molar-refractivity contribution in [1.82, 2.24) is 4.90 Å². The third-order valence-electron chi connectivity index (χ3n) is 4.68. The number of carbonyl (C=O) groups excluding carboxylic acids is 1. The molecule has 0 saturated heterocycles. The SMILES string of the molecule is CC1Cc2cc(C(=O)N(C)CCOc3cccc(Cl)c3)ccc2N1S(C)(=O)=O. The number of hydrogen-bond acceptors (Lipinski definition) is 4. The lowest BCUT2D eigenvalue weighted by molar-refractivity contribution is 0.0773. The maximum Gasteiger partial charge on any atom is 0.253 e. The van der Waals surface area contributed by atoms with Crippen LogP contribution in [0, 0.1) is 0 Å². The second kappa shape index (κ2) is 8.01. The Bertz CT molecular complexity index is 993. The summed E-state index contributed by atoms with van der Waals surface area (Å²) >= 11 is 5.93. The van der Waals surface area contributed by atoms with Gasteiger partial charge in [-0.2, -0.15) is 0 Å². The number of fused-ring (bicyclic) bond motifs is 1. The molecule has 1 amide bonds. The van der Waals surface area contributed by atoms with Crippen LogP contribution in [0.3, 0.4) is 0 Å². The van der Waals surface area contributed by atoms with Gasteiger partial charge >= 0.3 is 0 Å². The highest BCUT2D eigenvalue weighted by Gasteiger charge is 2.33. The van der Waals surface area contributed by atoms with Gasteiger partial charge in [-0.3, -0.25) is 9.10 Å². The van der Waals surface area contributed by atoms with Crippen molar-refractivity contribution in [2.24, 2.45) is 0 Å². The standard InChI is InChI=1S/C20H23ClN2O4S/c1-14-11-16-12-15(7-8-19(16)23(14)28(3,25)26)20(24)22(2)9-10-27-18-6-4-5-17(21)13-18/h4-8,12-14H,9-11H2,1-3H3. The Morgan fingerprint density at radius 2 is 2.04 bits per heavy atom. The highest BCUT2D eigenvalue weighted by molar-refractivity contribution is 7.92. The zero-order valence-corrected chi connectivity index (χ0v) is 17.6. The minimum Gasteiger partial charge on any atom is -0.492 e. The maximum absolute atomic E-state index is 12.7. The average Bonchev–Trinajstić information content (AvgIpc) is 2.96. The fourth-order valence-corrected chi connectivity index (χ4v) is 4.86. The number of rotatable bonds is 6. The Morgan fingerprint density at radius 3 is 2.71 bits per heavy atom. The molecule has 0 spiro atoms. The predicted molar refractivity (Wildman–Crippen MR) is 111 cm³/mol. The second-order valence-corrected chi connectivity index (χ2v) is 9.28. The Kier molecular flexibility index (Phi) is 5.86. The minimum atomic E-state index is -3.34. The van der Waals surface area contributed by atoms with Crippen molar-refractivity contribution in [2.75, 3.05) is 30.8 Å². The predicted octanol–water partition coefficient (Wildman–Crippen LogP) is 3.20. The van der Waals surface area contributed by atoms with E-state index in [0.29, 0.717) is 41.6 Å². The molecule has 8 heteroatoms. The fourth-order valence-electron chi connectivity index (χ4n) is 3.42. The molecule has 28 heavy (non-hydrogen) atoms. The first-order valence-corrected chi connectivity index (χ1v) is 11.2. The molecular formula is C20H23ClN2O4S. The summed E-state index contributed by atoms with van der Waals surface area (Å²) in [6.45, 7) is 2.61. The third-order valence-corrected chi connectivity index (χ3v) is 6.18. The molecule has 0 fully saturated rings. The summed E-state index contributed by atoms with van der Waals surface area (Å²) in [6, 6.07) is 12.1. The van der Waals surface area contributed by atoms with Crippen LogP contribution in [0.1, 0.15) is 22.8 Å². The zero-order chi connectivity index (χ0) is 20.5. The van der Waals surface area contributed by atoms with Crippen LogP contribution < -0.4 is 9.04 Å². The summed E-state index contributed by atoms with van der Waals surface area (Å²) in [5, 5.41) is 0.595. The third kappa shape index (κ3) is 4.42. The number of ether oxygens (including phenoxy) is 1. The largest absolute Gasteiger partial charge is 0.492 e. The van der Waals surface area contributed by atoms with Gasteiger partial charge in [-0.1, -0.05) is 17.7 Å². The van der Waals surface area contributed by atoms with Gasteiger partial charge in [-0.05, 0) is 55.3 Å². The number of nitrogens with zero attached hydrogens (tertiary/aromatic N) is 2. The van der Waals surface area contributed by atoms with Gasteiger partial charge in [0.1, 0.15) is 12.4 Å². The summed E-state index contributed by atoms with van der Waals surface area (Å²) in [5.74, 6) is 0.517. The first-order chi connectivity index (χ1) is 13.2. The second-order valence-electron chi connectivity index (χ2n) is 6.99. The number of halogens is 1. The van der Waals surface area contributed by atoms with Crippen LogP contribution in [-0.2, 0) is 16.4 Å². The smallest absolute Gasteiger partial charge is 0.253 e. The monoisotopic (exact) mass is 422 g/mol. The van der Waals surface area contributed by atoms with E-state index >= 15 is 0 Å². The zero-order valence-electron chi connectivity index (χ0n) is 16.1. The van der Waals surface area contributed by atoms with Gasteiger partial charge in [0, 0.05) is 23.7 Å². The van der Waals surface area contributed by atoms with E-state index in [2.05, 4.69) is 0 Å². The lowest BCUT2D eigenvalue weighted by atomic mass is 10.1. The summed E-state index contributed by atoms with van der Waals surface area (Å²) in [7, 11) is -1.63. The lowest BCUT2D eigenvalue weighted by Gasteiger charge is -2.22. The van der Waals surface area contributed by atoms with Crippen molar-refractivity contribution in [2.45, 2.75) is 19.4 Å². The molecule has 0 radical (unpaired) electrons. The Hall–Kier alpha value is -2.25. The van der Waals surface area contributed by atoms with Crippen LogP contribution in [0.15, 0.2) is 42.5 Å². The van der Waals surface area contributed by atoms with Crippen molar-refractivity contribution in [3.05, 3.63) is 58.6 Å². The lowest BCUT2D eigenvalue weighted by Crippen LogP contribution is -2.34. The van der Waals surface area contributed by atoms with Gasteiger partial charge < -0.3 is 9.64 Å². The van der Waals surface area contributed by atoms with Crippen LogP contribution in [0.5, 0.6) is 5.75 Å². The molecule has 0 aliphatic carbocycles. The molecule has 0 N–H and O–H groups in total. The van der Waals surface area contributed by atoms with Gasteiger partial charge in [0.05, 0.1) is 18.5 Å². The van der Waals surface area contributed by atoms with E-state index in [9.17, 15) is 13.2 Å². The van der Waals surface area contributed by atoms with Crippen LogP contribution in [0.25, 0.3) is 0 Å². The Balaban J connectivity index is 1.65. The molecule has 3 rings (SSSR count). The van der Waals surface area contributed by atoms with E-state index in [-0.39, 0.29) is 11.9 Å². The van der Waals surface area contributed by atoms with E-state index in [1.807, 2.05) is 13.0 Å². The van der Waals surface area contributed by atoms with Crippen molar-refractivity contribution < 1.29 is 17.9 Å². The van der Waals surface area contributed by atoms with Crippen LogP contribution in [0.4, 0.5) is 5.69 Å². The molecule has 0 bridgehead atoms. The van der Waals surface area contributed by atoms with Gasteiger partial charge in [-0.15, -0.1) is 0 Å². The minimum absolute atomic E-state index is 0.136. The highest BCUT2D eigenvalue weighted by Crippen LogP contribution is 2.34.